The number of aromatic nitrogens is 4. The molecular weight excluding hydrogens is 636 g/mol. The molecule has 0 fully saturated rings. The normalized spacial score (nSPS) is 13.7. The van der Waals surface area contributed by atoms with Crippen molar-refractivity contribution < 1.29 is 32.6 Å². The third kappa shape index (κ3) is 7.63. The van der Waals surface area contributed by atoms with Gasteiger partial charge in [-0.2, -0.15) is 10.00 Å². The first-order valence-electron chi connectivity index (χ1n) is 15.9. The van der Waals surface area contributed by atoms with Crippen molar-refractivity contribution in [2.75, 3.05) is 16.8 Å². The summed E-state index contributed by atoms with van der Waals surface area (Å²) in [6, 6.07) is 4.92. The fourth-order valence-electron chi connectivity index (χ4n) is 5.50. The van der Waals surface area contributed by atoms with Crippen LogP contribution in [0.3, 0.4) is 0 Å². The van der Waals surface area contributed by atoms with Gasteiger partial charge in [-0.25, -0.2) is 23.4 Å². The van der Waals surface area contributed by atoms with E-state index in [9.17, 15) is 14.4 Å². The summed E-state index contributed by atoms with van der Waals surface area (Å²) in [6.45, 7) is 16.1. The van der Waals surface area contributed by atoms with Gasteiger partial charge in [0.1, 0.15) is 23.6 Å². The zero-order chi connectivity index (χ0) is 36.0. The van der Waals surface area contributed by atoms with E-state index in [0.717, 1.165) is 5.69 Å². The number of nitrogens with zero attached hydrogens (tertiary/aromatic N) is 6. The van der Waals surface area contributed by atoms with Gasteiger partial charge in [-0.15, -0.1) is 0 Å². The largest absolute Gasteiger partial charge is 0.443 e. The molecule has 12 nitrogen and oxygen atoms in total. The van der Waals surface area contributed by atoms with E-state index in [-0.39, 0.29) is 46.3 Å². The van der Waals surface area contributed by atoms with Crippen LogP contribution in [0, 0.1) is 18.6 Å². The standard InChI is InChI=1S/C35H41F2N7O5/c1-19(2)42-11-10-22-14-28(41-43(22)18-29(42)45)40-27-13-21-12-23(30(36)31(37)25(21)16-39-27)24-15-38-17-26(20(24)3)44(32(46)48-34(4,5)6)33(47)49-35(7,8)9/h12-17,19H,10-11,18H2,1-9H3,(H,39,40,41). The number of imide groups is 1. The van der Waals surface area contributed by atoms with E-state index in [0.29, 0.717) is 34.9 Å². The molecule has 3 amide bonds. The lowest BCUT2D eigenvalue weighted by atomic mass is 9.98. The Morgan fingerprint density at radius 2 is 1.57 bits per heavy atom. The number of hydrogen-bond donors (Lipinski definition) is 1. The summed E-state index contributed by atoms with van der Waals surface area (Å²) in [6.07, 6.45) is 2.39. The van der Waals surface area contributed by atoms with E-state index in [1.54, 1.807) is 59.2 Å². The van der Waals surface area contributed by atoms with Crippen molar-refractivity contribution in [3.63, 3.8) is 0 Å². The molecular formula is C35H41F2N7O5. The Hall–Kier alpha value is -5.14. The van der Waals surface area contributed by atoms with Gasteiger partial charge in [0.15, 0.2) is 17.5 Å². The van der Waals surface area contributed by atoms with Crippen molar-refractivity contribution >= 4 is 46.2 Å². The molecule has 4 heterocycles. The van der Waals surface area contributed by atoms with Gasteiger partial charge in [0.05, 0.1) is 11.9 Å². The molecule has 4 aromatic rings. The van der Waals surface area contributed by atoms with Crippen molar-refractivity contribution in [2.45, 2.75) is 92.5 Å². The number of carbonyl (C=O) groups excluding carboxylic acids is 3. The molecule has 1 aliphatic heterocycles. The highest BCUT2D eigenvalue weighted by Crippen LogP contribution is 2.37. The van der Waals surface area contributed by atoms with E-state index >= 15 is 8.78 Å². The monoisotopic (exact) mass is 677 g/mol. The average molecular weight is 678 g/mol. The summed E-state index contributed by atoms with van der Waals surface area (Å²) in [5.74, 6) is -1.54. The van der Waals surface area contributed by atoms with Gasteiger partial charge in [0.2, 0.25) is 5.91 Å². The smallest absolute Gasteiger partial charge is 0.424 e. The van der Waals surface area contributed by atoms with Crippen LogP contribution in [-0.4, -0.2) is 66.5 Å². The number of ether oxygens (including phenoxy) is 2. The maximum Gasteiger partial charge on any atom is 0.424 e. The zero-order valence-corrected chi connectivity index (χ0v) is 29.1. The molecule has 1 aromatic carbocycles. The Bertz CT molecular complexity index is 1920. The second kappa shape index (κ2) is 13.1. The number of halogens is 2. The third-order valence-corrected chi connectivity index (χ3v) is 7.73. The Morgan fingerprint density at radius 3 is 2.18 bits per heavy atom. The first-order valence-corrected chi connectivity index (χ1v) is 15.9. The average Bonchev–Trinajstić information content (AvgIpc) is 3.26. The first kappa shape index (κ1) is 35.2. The number of benzene rings is 1. The molecule has 0 radical (unpaired) electrons. The maximum absolute atomic E-state index is 15.7. The minimum atomic E-state index is -1.16. The van der Waals surface area contributed by atoms with Crippen molar-refractivity contribution in [1.29, 1.82) is 0 Å². The molecule has 0 atom stereocenters. The van der Waals surface area contributed by atoms with Gasteiger partial charge >= 0.3 is 12.2 Å². The van der Waals surface area contributed by atoms with Crippen LogP contribution in [0.4, 0.5) is 35.7 Å². The zero-order valence-electron chi connectivity index (χ0n) is 29.1. The lowest BCUT2D eigenvalue weighted by Gasteiger charge is -2.29. The molecule has 0 spiro atoms. The van der Waals surface area contributed by atoms with E-state index in [1.165, 1.54) is 24.7 Å². The topological polar surface area (TPSA) is 132 Å². The predicted molar refractivity (Wildman–Crippen MR) is 181 cm³/mol. The molecule has 5 rings (SSSR count). The van der Waals surface area contributed by atoms with E-state index in [1.807, 2.05) is 24.8 Å². The lowest BCUT2D eigenvalue weighted by Crippen LogP contribution is -2.44. The van der Waals surface area contributed by atoms with Crippen LogP contribution in [0.25, 0.3) is 21.9 Å². The SMILES string of the molecule is Cc1c(-c2cc3cc(Nc4cc5n(n4)CC(=O)N(C(C)C)CC5)ncc3c(F)c2F)cncc1N(C(=O)OC(C)(C)C)C(=O)OC(C)(C)C. The van der Waals surface area contributed by atoms with Crippen LogP contribution in [0.2, 0.25) is 0 Å². The summed E-state index contributed by atoms with van der Waals surface area (Å²) >= 11 is 0. The summed E-state index contributed by atoms with van der Waals surface area (Å²) < 4.78 is 43.9. The third-order valence-electron chi connectivity index (χ3n) is 7.73. The second-order valence-corrected chi connectivity index (χ2v) is 14.2. The molecule has 0 saturated heterocycles. The van der Waals surface area contributed by atoms with Crippen molar-refractivity contribution in [3.05, 3.63) is 59.7 Å². The molecule has 0 aliphatic carbocycles. The minimum Gasteiger partial charge on any atom is -0.443 e. The van der Waals surface area contributed by atoms with Gasteiger partial charge in [0, 0.05) is 59.7 Å². The number of rotatable bonds is 5. The number of carbonyl (C=O) groups is 3. The number of nitrogens with one attached hydrogen (secondary N) is 1. The molecule has 0 saturated carbocycles. The van der Waals surface area contributed by atoms with E-state index in [2.05, 4.69) is 20.4 Å². The Morgan fingerprint density at radius 1 is 0.918 bits per heavy atom. The molecule has 0 unspecified atom stereocenters. The van der Waals surface area contributed by atoms with Crippen molar-refractivity contribution in [3.8, 4) is 11.1 Å². The summed E-state index contributed by atoms with van der Waals surface area (Å²) in [7, 11) is 0. The molecule has 260 valence electrons. The van der Waals surface area contributed by atoms with Crippen molar-refractivity contribution in [2.24, 2.45) is 0 Å². The van der Waals surface area contributed by atoms with Crippen LogP contribution >= 0.6 is 0 Å². The van der Waals surface area contributed by atoms with E-state index in [4.69, 9.17) is 9.47 Å². The van der Waals surface area contributed by atoms with Crippen LogP contribution < -0.4 is 10.2 Å². The Kier molecular flexibility index (Phi) is 9.37. The molecule has 3 aromatic heterocycles. The number of amides is 3. The lowest BCUT2D eigenvalue weighted by molar-refractivity contribution is -0.133. The minimum absolute atomic E-state index is 0.0208. The number of pyridine rings is 2. The van der Waals surface area contributed by atoms with Gasteiger partial charge in [-0.3, -0.25) is 14.5 Å². The van der Waals surface area contributed by atoms with Gasteiger partial charge in [-0.05, 0) is 85.4 Å². The summed E-state index contributed by atoms with van der Waals surface area (Å²) in [5, 5.41) is 7.90. The van der Waals surface area contributed by atoms with Crippen LogP contribution in [0.15, 0.2) is 36.8 Å². The molecule has 14 heteroatoms. The predicted octanol–water partition coefficient (Wildman–Crippen LogP) is 7.29. The Labute approximate surface area is 283 Å². The van der Waals surface area contributed by atoms with Crippen LogP contribution in [0.1, 0.15) is 66.6 Å². The van der Waals surface area contributed by atoms with Gasteiger partial charge in [-0.1, -0.05) is 0 Å². The number of hydrogen-bond acceptors (Lipinski definition) is 9. The first-order chi connectivity index (χ1) is 22.8. The molecule has 49 heavy (non-hydrogen) atoms. The maximum atomic E-state index is 15.7. The van der Waals surface area contributed by atoms with Crippen LogP contribution in [-0.2, 0) is 27.2 Å². The summed E-state index contributed by atoms with van der Waals surface area (Å²) in [4.78, 5) is 50.3. The molecule has 1 aliphatic rings. The Balaban J connectivity index is 1.51. The summed E-state index contributed by atoms with van der Waals surface area (Å²) in [5.41, 5.74) is -0.808. The highest BCUT2D eigenvalue weighted by Gasteiger charge is 2.35. The van der Waals surface area contributed by atoms with E-state index < -0.39 is 35.0 Å². The quantitative estimate of drug-likeness (QED) is 0.231. The fourth-order valence-corrected chi connectivity index (χ4v) is 5.50. The number of anilines is 3. The van der Waals surface area contributed by atoms with Crippen LogP contribution in [0.5, 0.6) is 0 Å². The fraction of sp³-hybridized carbons (Fsp3) is 0.429. The van der Waals surface area contributed by atoms with Gasteiger partial charge < -0.3 is 19.7 Å². The second-order valence-electron chi connectivity index (χ2n) is 14.2. The highest BCUT2D eigenvalue weighted by atomic mass is 19.2. The van der Waals surface area contributed by atoms with Gasteiger partial charge in [0.25, 0.3) is 0 Å². The molecule has 0 bridgehead atoms. The van der Waals surface area contributed by atoms with Crippen molar-refractivity contribution in [1.82, 2.24) is 24.6 Å². The number of fused-ring (bicyclic) bond motifs is 2. The highest BCUT2D eigenvalue weighted by molar-refractivity contribution is 6.10. The molecule has 1 N–H and O–H groups in total.